The fourth-order valence-corrected chi connectivity index (χ4v) is 1.87. The number of nitrogens with zero attached hydrogens (tertiary/aromatic N) is 2. The molecule has 0 aliphatic heterocycles. The van der Waals surface area contributed by atoms with Crippen molar-refractivity contribution in [3.63, 3.8) is 0 Å². The predicted molar refractivity (Wildman–Crippen MR) is 64.2 cm³/mol. The summed E-state index contributed by atoms with van der Waals surface area (Å²) >= 11 is 0. The molecule has 1 atom stereocenters. The topological polar surface area (TPSA) is 47.6 Å². The highest BCUT2D eigenvalue weighted by molar-refractivity contribution is 5.51. The Morgan fingerprint density at radius 2 is 2.06 bits per heavy atom. The van der Waals surface area contributed by atoms with Crippen molar-refractivity contribution in [1.82, 2.24) is 0 Å². The molecule has 0 aromatic heterocycles. The quantitative estimate of drug-likeness (QED) is 0.516. The van der Waals surface area contributed by atoms with Gasteiger partial charge in [-0.15, -0.1) is 6.58 Å². The lowest BCUT2D eigenvalue weighted by Gasteiger charge is -2.15. The second kappa shape index (κ2) is 6.64. The first-order valence-electron chi connectivity index (χ1n) is 5.65. The summed E-state index contributed by atoms with van der Waals surface area (Å²) in [5, 5.41) is 17.7. The van der Waals surface area contributed by atoms with Crippen LogP contribution in [0.3, 0.4) is 0 Å². The van der Waals surface area contributed by atoms with Gasteiger partial charge < -0.3 is 0 Å². The van der Waals surface area contributed by atoms with Crippen LogP contribution >= 0.6 is 0 Å². The molecule has 0 aromatic rings. The second-order valence-corrected chi connectivity index (χ2v) is 3.99. The minimum Gasteiger partial charge on any atom is -0.192 e. The monoisotopic (exact) mass is 212 g/mol. The van der Waals surface area contributed by atoms with Gasteiger partial charge in [-0.1, -0.05) is 24.6 Å². The Labute approximate surface area is 97.2 Å². The van der Waals surface area contributed by atoms with Crippen LogP contribution in [0.15, 0.2) is 36.0 Å². The second-order valence-electron chi connectivity index (χ2n) is 3.99. The number of nitriles is 2. The van der Waals surface area contributed by atoms with E-state index in [-0.39, 0.29) is 0 Å². The van der Waals surface area contributed by atoms with Crippen LogP contribution < -0.4 is 0 Å². The Morgan fingerprint density at radius 3 is 2.69 bits per heavy atom. The van der Waals surface area contributed by atoms with Crippen molar-refractivity contribution in [2.24, 2.45) is 5.92 Å². The number of allylic oxidation sites excluding steroid dienone is 5. The molecule has 1 aliphatic rings. The van der Waals surface area contributed by atoms with Gasteiger partial charge in [0.2, 0.25) is 0 Å². The summed E-state index contributed by atoms with van der Waals surface area (Å²) in [5.74, 6) is 0.427. The average molecular weight is 212 g/mol. The van der Waals surface area contributed by atoms with Gasteiger partial charge in [0.25, 0.3) is 0 Å². The zero-order valence-electron chi connectivity index (χ0n) is 9.45. The van der Waals surface area contributed by atoms with Gasteiger partial charge in [-0.05, 0) is 31.6 Å². The molecule has 0 N–H and O–H groups in total. The first kappa shape index (κ1) is 12.3. The maximum Gasteiger partial charge on any atom is 0.100 e. The highest BCUT2D eigenvalue weighted by atomic mass is 14.3. The first-order valence-corrected chi connectivity index (χ1v) is 5.65. The normalized spacial score (nSPS) is 19.0. The SMILES string of the molecule is C=CCCCCC1C=C(C#N)C(C#N)=CC1. The number of hydrogen-bond donors (Lipinski definition) is 0. The lowest BCUT2D eigenvalue weighted by Crippen LogP contribution is -2.03. The Kier molecular flexibility index (Phi) is 5.09. The fourth-order valence-electron chi connectivity index (χ4n) is 1.87. The standard InChI is InChI=1S/C14H16N2/c1-2-3-4-5-6-12-7-8-13(10-15)14(9-12)11-16/h2,8-9,12H,1,3-7H2. The molecule has 0 spiro atoms. The summed E-state index contributed by atoms with van der Waals surface area (Å²) < 4.78 is 0. The summed E-state index contributed by atoms with van der Waals surface area (Å²) in [6.45, 7) is 3.69. The van der Waals surface area contributed by atoms with Gasteiger partial charge in [-0.2, -0.15) is 10.5 Å². The van der Waals surface area contributed by atoms with Crippen LogP contribution in [-0.4, -0.2) is 0 Å². The van der Waals surface area contributed by atoms with Crippen molar-refractivity contribution in [2.75, 3.05) is 0 Å². The average Bonchev–Trinajstić information content (AvgIpc) is 2.34. The van der Waals surface area contributed by atoms with E-state index in [0.717, 1.165) is 32.1 Å². The van der Waals surface area contributed by atoms with Gasteiger partial charge in [0.1, 0.15) is 12.1 Å². The van der Waals surface area contributed by atoms with Gasteiger partial charge in [-0.3, -0.25) is 0 Å². The molecular formula is C14H16N2. The fraction of sp³-hybridized carbons (Fsp3) is 0.429. The van der Waals surface area contributed by atoms with Crippen LogP contribution in [0.4, 0.5) is 0 Å². The third-order valence-electron chi connectivity index (χ3n) is 2.79. The Hall–Kier alpha value is -1.80. The maximum atomic E-state index is 8.90. The molecule has 0 amide bonds. The summed E-state index contributed by atoms with van der Waals surface area (Å²) in [6.07, 6.45) is 11.1. The van der Waals surface area contributed by atoms with E-state index < -0.39 is 0 Å². The molecule has 2 heteroatoms. The van der Waals surface area contributed by atoms with Crippen molar-refractivity contribution in [3.05, 3.63) is 36.0 Å². The third kappa shape index (κ3) is 3.41. The Bertz CT molecular complexity index is 388. The molecule has 0 aromatic carbocycles. The van der Waals surface area contributed by atoms with E-state index in [4.69, 9.17) is 10.5 Å². The van der Waals surface area contributed by atoms with Crippen LogP contribution in [-0.2, 0) is 0 Å². The molecule has 1 aliphatic carbocycles. The van der Waals surface area contributed by atoms with Crippen LogP contribution in [0.25, 0.3) is 0 Å². The number of rotatable bonds is 5. The van der Waals surface area contributed by atoms with E-state index in [1.807, 2.05) is 18.2 Å². The Morgan fingerprint density at radius 1 is 1.31 bits per heavy atom. The lowest BCUT2D eigenvalue weighted by atomic mass is 9.88. The predicted octanol–water partition coefficient (Wildman–Crippen LogP) is 3.65. The molecule has 0 fully saturated rings. The molecule has 0 saturated carbocycles. The van der Waals surface area contributed by atoms with E-state index in [1.54, 1.807) is 0 Å². The molecule has 1 rings (SSSR count). The van der Waals surface area contributed by atoms with Crippen LogP contribution in [0, 0.1) is 28.6 Å². The van der Waals surface area contributed by atoms with Crippen molar-refractivity contribution >= 4 is 0 Å². The van der Waals surface area contributed by atoms with E-state index in [1.165, 1.54) is 0 Å². The number of hydrogen-bond acceptors (Lipinski definition) is 2. The zero-order valence-corrected chi connectivity index (χ0v) is 9.45. The summed E-state index contributed by atoms with van der Waals surface area (Å²) in [6, 6.07) is 4.15. The van der Waals surface area contributed by atoms with E-state index in [0.29, 0.717) is 17.1 Å². The zero-order chi connectivity index (χ0) is 11.8. The van der Waals surface area contributed by atoms with Gasteiger partial charge in [0, 0.05) is 0 Å². The van der Waals surface area contributed by atoms with Crippen molar-refractivity contribution in [3.8, 4) is 12.1 Å². The molecule has 16 heavy (non-hydrogen) atoms. The molecule has 0 bridgehead atoms. The highest BCUT2D eigenvalue weighted by Gasteiger charge is 2.14. The summed E-state index contributed by atoms with van der Waals surface area (Å²) in [5.41, 5.74) is 1.08. The van der Waals surface area contributed by atoms with E-state index in [9.17, 15) is 0 Å². The lowest BCUT2D eigenvalue weighted by molar-refractivity contribution is 0.545. The highest BCUT2D eigenvalue weighted by Crippen LogP contribution is 2.26. The maximum absolute atomic E-state index is 8.90. The number of unbranched alkanes of at least 4 members (excludes halogenated alkanes) is 2. The minimum absolute atomic E-state index is 0.427. The molecule has 0 heterocycles. The van der Waals surface area contributed by atoms with Gasteiger partial charge >= 0.3 is 0 Å². The van der Waals surface area contributed by atoms with Crippen LogP contribution in [0.5, 0.6) is 0 Å². The minimum atomic E-state index is 0.427. The third-order valence-corrected chi connectivity index (χ3v) is 2.79. The molecule has 2 nitrogen and oxygen atoms in total. The van der Waals surface area contributed by atoms with E-state index in [2.05, 4.69) is 18.7 Å². The van der Waals surface area contributed by atoms with Crippen LogP contribution in [0.2, 0.25) is 0 Å². The first-order chi connectivity index (χ1) is 7.81. The van der Waals surface area contributed by atoms with Crippen molar-refractivity contribution in [2.45, 2.75) is 32.1 Å². The van der Waals surface area contributed by atoms with Crippen molar-refractivity contribution < 1.29 is 0 Å². The molecular weight excluding hydrogens is 196 g/mol. The molecule has 0 radical (unpaired) electrons. The molecule has 0 saturated heterocycles. The molecule has 82 valence electrons. The van der Waals surface area contributed by atoms with Crippen LogP contribution in [0.1, 0.15) is 32.1 Å². The van der Waals surface area contributed by atoms with Gasteiger partial charge in [0.15, 0.2) is 0 Å². The summed E-state index contributed by atoms with van der Waals surface area (Å²) in [4.78, 5) is 0. The largest absolute Gasteiger partial charge is 0.192 e. The molecule has 1 unspecified atom stereocenters. The smallest absolute Gasteiger partial charge is 0.100 e. The van der Waals surface area contributed by atoms with E-state index >= 15 is 0 Å². The van der Waals surface area contributed by atoms with Gasteiger partial charge in [0.05, 0.1) is 11.1 Å². The van der Waals surface area contributed by atoms with Gasteiger partial charge in [-0.25, -0.2) is 0 Å². The van der Waals surface area contributed by atoms with Crippen molar-refractivity contribution in [1.29, 1.82) is 10.5 Å². The summed E-state index contributed by atoms with van der Waals surface area (Å²) in [7, 11) is 0. The Balaban J connectivity index is 2.47.